The smallest absolute Gasteiger partial charge is 0.416 e. The van der Waals surface area contributed by atoms with Gasteiger partial charge in [-0.15, -0.1) is 0 Å². The second-order valence-electron chi connectivity index (χ2n) is 9.10. The van der Waals surface area contributed by atoms with Crippen LogP contribution in [0.2, 0.25) is 0 Å². The van der Waals surface area contributed by atoms with Gasteiger partial charge in [-0.2, -0.15) is 13.2 Å². The molecule has 3 rings (SSSR count). The molecule has 0 saturated heterocycles. The minimum atomic E-state index is -4.58. The summed E-state index contributed by atoms with van der Waals surface area (Å²) in [5.74, 6) is -1.20. The topological polar surface area (TPSA) is 90.3 Å². The lowest BCUT2D eigenvalue weighted by Gasteiger charge is -2.20. The Labute approximate surface area is 199 Å². The van der Waals surface area contributed by atoms with Gasteiger partial charge in [0.2, 0.25) is 0 Å². The summed E-state index contributed by atoms with van der Waals surface area (Å²) < 4.78 is 46.1. The van der Waals surface area contributed by atoms with Crippen LogP contribution in [0.3, 0.4) is 0 Å². The van der Waals surface area contributed by atoms with E-state index in [9.17, 15) is 27.6 Å². The number of fused-ring (bicyclic) bond motifs is 1. The largest absolute Gasteiger partial charge is 0.456 e. The molecule has 0 spiro atoms. The highest BCUT2D eigenvalue weighted by atomic mass is 19.4. The number of nitrogens with zero attached hydrogens (tertiary/aromatic N) is 2. The second kappa shape index (κ2) is 10.3. The van der Waals surface area contributed by atoms with Crippen LogP contribution in [0.15, 0.2) is 53.3 Å². The van der Waals surface area contributed by atoms with Gasteiger partial charge < -0.3 is 14.6 Å². The van der Waals surface area contributed by atoms with Gasteiger partial charge in [-0.1, -0.05) is 30.3 Å². The standard InChI is InChI=1S/C25H26F3N3O4/c1-24(2,3)30-21(32)15-35-22(33)12-10-18-23(34)31(14-16-7-5-4-6-8-16)20-11-9-17(25(26,27)28)13-19(20)29-18/h4-9,11,13H,10,12,14-15H2,1-3H3,(H,30,32). The highest BCUT2D eigenvalue weighted by Crippen LogP contribution is 2.31. The third-order valence-electron chi connectivity index (χ3n) is 4.97. The van der Waals surface area contributed by atoms with E-state index in [1.54, 1.807) is 45.0 Å². The minimum absolute atomic E-state index is 0.0109. The SMILES string of the molecule is CC(C)(C)NC(=O)COC(=O)CCc1nc2cc(C(F)(F)F)ccc2n(Cc2ccccc2)c1=O. The maximum Gasteiger partial charge on any atom is 0.416 e. The first-order chi connectivity index (χ1) is 16.3. The monoisotopic (exact) mass is 489 g/mol. The van der Waals surface area contributed by atoms with Crippen molar-refractivity contribution in [1.29, 1.82) is 0 Å². The molecule has 0 bridgehead atoms. The number of carbonyl (C=O) groups excluding carboxylic acids is 2. The van der Waals surface area contributed by atoms with Gasteiger partial charge in [0.25, 0.3) is 11.5 Å². The van der Waals surface area contributed by atoms with Crippen molar-refractivity contribution in [2.75, 3.05) is 6.61 Å². The quantitative estimate of drug-likeness (QED) is 0.509. The van der Waals surface area contributed by atoms with Crippen molar-refractivity contribution >= 4 is 22.9 Å². The van der Waals surface area contributed by atoms with Crippen LogP contribution in [0.5, 0.6) is 0 Å². The van der Waals surface area contributed by atoms with Gasteiger partial charge in [-0.05, 0) is 44.5 Å². The van der Waals surface area contributed by atoms with E-state index in [0.29, 0.717) is 0 Å². The number of ether oxygens (including phenoxy) is 1. The number of alkyl halides is 3. The molecule has 0 radical (unpaired) electrons. The number of aromatic nitrogens is 2. The van der Waals surface area contributed by atoms with Gasteiger partial charge in [-0.25, -0.2) is 4.98 Å². The number of hydrogen-bond donors (Lipinski definition) is 1. The third kappa shape index (κ3) is 7.14. The van der Waals surface area contributed by atoms with E-state index in [1.807, 2.05) is 6.07 Å². The minimum Gasteiger partial charge on any atom is -0.456 e. The van der Waals surface area contributed by atoms with Crippen LogP contribution >= 0.6 is 0 Å². The van der Waals surface area contributed by atoms with Crippen molar-refractivity contribution in [2.45, 2.75) is 51.9 Å². The predicted octanol–water partition coefficient (Wildman–Crippen LogP) is 3.85. The summed E-state index contributed by atoms with van der Waals surface area (Å²) in [6.45, 7) is 4.98. The van der Waals surface area contributed by atoms with E-state index >= 15 is 0 Å². The van der Waals surface area contributed by atoms with Crippen molar-refractivity contribution in [2.24, 2.45) is 0 Å². The number of hydrogen-bond acceptors (Lipinski definition) is 5. The molecule has 0 aliphatic rings. The lowest BCUT2D eigenvalue weighted by atomic mass is 10.1. The van der Waals surface area contributed by atoms with Crippen LogP contribution in [-0.4, -0.2) is 33.6 Å². The highest BCUT2D eigenvalue weighted by Gasteiger charge is 2.31. The Hall–Kier alpha value is -3.69. The van der Waals surface area contributed by atoms with Crippen LogP contribution in [0.1, 0.15) is 44.0 Å². The fourth-order valence-electron chi connectivity index (χ4n) is 3.45. The Morgan fingerprint density at radius 1 is 1.06 bits per heavy atom. The molecule has 1 N–H and O–H groups in total. The van der Waals surface area contributed by atoms with Gasteiger partial charge >= 0.3 is 12.1 Å². The first-order valence-corrected chi connectivity index (χ1v) is 10.9. The maximum absolute atomic E-state index is 13.3. The average Bonchev–Trinajstić information content (AvgIpc) is 2.77. The summed E-state index contributed by atoms with van der Waals surface area (Å²) in [4.78, 5) is 41.3. The molecule has 0 fully saturated rings. The Morgan fingerprint density at radius 2 is 1.74 bits per heavy atom. The molecule has 0 saturated carbocycles. The molecule has 1 heterocycles. The zero-order valence-corrected chi connectivity index (χ0v) is 19.6. The number of rotatable bonds is 7. The fourth-order valence-corrected chi connectivity index (χ4v) is 3.45. The number of nitrogens with one attached hydrogen (secondary N) is 1. The molecular formula is C25H26F3N3O4. The van der Waals surface area contributed by atoms with Gasteiger partial charge in [0.1, 0.15) is 5.69 Å². The number of carbonyl (C=O) groups is 2. The van der Waals surface area contributed by atoms with Crippen molar-refractivity contribution in [1.82, 2.24) is 14.9 Å². The van der Waals surface area contributed by atoms with E-state index in [1.165, 1.54) is 10.6 Å². The molecular weight excluding hydrogens is 463 g/mol. The summed E-state index contributed by atoms with van der Waals surface area (Å²) in [5, 5.41) is 2.65. The lowest BCUT2D eigenvalue weighted by Crippen LogP contribution is -2.42. The predicted molar refractivity (Wildman–Crippen MR) is 124 cm³/mol. The molecule has 3 aromatic rings. The molecule has 35 heavy (non-hydrogen) atoms. The molecule has 2 aromatic carbocycles. The van der Waals surface area contributed by atoms with Crippen LogP contribution in [0.4, 0.5) is 13.2 Å². The zero-order valence-electron chi connectivity index (χ0n) is 19.6. The van der Waals surface area contributed by atoms with Gasteiger partial charge in [0.15, 0.2) is 6.61 Å². The number of benzene rings is 2. The Balaban J connectivity index is 1.87. The molecule has 1 amide bonds. The van der Waals surface area contributed by atoms with E-state index in [-0.39, 0.29) is 36.1 Å². The van der Waals surface area contributed by atoms with E-state index in [4.69, 9.17) is 4.74 Å². The summed E-state index contributed by atoms with van der Waals surface area (Å²) in [7, 11) is 0. The molecule has 10 heteroatoms. The molecule has 0 aliphatic heterocycles. The van der Waals surface area contributed by atoms with Crippen molar-refractivity contribution in [3.63, 3.8) is 0 Å². The number of aryl methyl sites for hydroxylation is 1. The van der Waals surface area contributed by atoms with Crippen molar-refractivity contribution in [3.05, 3.63) is 75.7 Å². The summed E-state index contributed by atoms with van der Waals surface area (Å²) in [5.41, 5.74) is -0.948. The molecule has 186 valence electrons. The molecule has 0 aliphatic carbocycles. The average molecular weight is 489 g/mol. The van der Waals surface area contributed by atoms with E-state index in [2.05, 4.69) is 10.3 Å². The van der Waals surface area contributed by atoms with Crippen molar-refractivity contribution in [3.8, 4) is 0 Å². The van der Waals surface area contributed by atoms with Crippen LogP contribution in [0.25, 0.3) is 11.0 Å². The zero-order chi connectivity index (χ0) is 25.8. The van der Waals surface area contributed by atoms with Gasteiger partial charge in [-0.3, -0.25) is 14.4 Å². The second-order valence-corrected chi connectivity index (χ2v) is 9.10. The molecule has 1 aromatic heterocycles. The number of halogens is 3. The molecule has 7 nitrogen and oxygen atoms in total. The third-order valence-corrected chi connectivity index (χ3v) is 4.97. The molecule has 0 unspecified atom stereocenters. The van der Waals surface area contributed by atoms with Crippen molar-refractivity contribution < 1.29 is 27.5 Å². The summed E-state index contributed by atoms with van der Waals surface area (Å²) >= 11 is 0. The Bertz CT molecular complexity index is 1280. The maximum atomic E-state index is 13.3. The Morgan fingerprint density at radius 3 is 2.37 bits per heavy atom. The first-order valence-electron chi connectivity index (χ1n) is 10.9. The first kappa shape index (κ1) is 25.9. The van der Waals surface area contributed by atoms with Gasteiger partial charge in [0.05, 0.1) is 29.6 Å². The summed E-state index contributed by atoms with van der Waals surface area (Å²) in [6.07, 6.45) is -4.99. The van der Waals surface area contributed by atoms with Crippen LogP contribution in [0, 0.1) is 0 Å². The van der Waals surface area contributed by atoms with Gasteiger partial charge in [0, 0.05) is 12.0 Å². The number of amides is 1. The highest BCUT2D eigenvalue weighted by molar-refractivity contribution is 5.81. The van der Waals surface area contributed by atoms with E-state index in [0.717, 1.165) is 17.7 Å². The molecule has 0 atom stereocenters. The normalized spacial score (nSPS) is 11.9. The van der Waals surface area contributed by atoms with E-state index < -0.39 is 41.3 Å². The summed E-state index contributed by atoms with van der Waals surface area (Å²) in [6, 6.07) is 12.0. The van der Waals surface area contributed by atoms with Crippen LogP contribution < -0.4 is 10.9 Å². The fraction of sp³-hybridized carbons (Fsp3) is 0.360. The lowest BCUT2D eigenvalue weighted by molar-refractivity contribution is -0.148. The van der Waals surface area contributed by atoms with Crippen LogP contribution in [-0.2, 0) is 33.5 Å². The number of esters is 1. The Kier molecular flexibility index (Phi) is 7.62.